The average molecular weight is 290 g/mol. The van der Waals surface area contributed by atoms with E-state index in [1.807, 2.05) is 56.1 Å². The van der Waals surface area contributed by atoms with Crippen molar-refractivity contribution < 1.29 is 9.53 Å². The molecule has 4 heteroatoms. The fraction of sp³-hybridized carbons (Fsp3) is 0.588. The number of benzene rings is 1. The van der Waals surface area contributed by atoms with Crippen LogP contribution in [0.1, 0.15) is 52.9 Å². The Labute approximate surface area is 127 Å². The zero-order valence-corrected chi connectivity index (χ0v) is 13.3. The van der Waals surface area contributed by atoms with Crippen molar-refractivity contribution in [2.24, 2.45) is 0 Å². The summed E-state index contributed by atoms with van der Waals surface area (Å²) >= 11 is 0. The minimum absolute atomic E-state index is 0.341. The number of carbonyl (C=O) groups excluding carboxylic acids is 1. The van der Waals surface area contributed by atoms with Gasteiger partial charge >= 0.3 is 6.09 Å². The van der Waals surface area contributed by atoms with Gasteiger partial charge in [0.1, 0.15) is 5.60 Å². The van der Waals surface area contributed by atoms with Crippen molar-refractivity contribution in [1.82, 2.24) is 5.43 Å². The Bertz CT molecular complexity index is 448. The number of rotatable bonds is 3. The van der Waals surface area contributed by atoms with Gasteiger partial charge < -0.3 is 4.74 Å². The van der Waals surface area contributed by atoms with Crippen molar-refractivity contribution in [3.8, 4) is 0 Å². The molecule has 0 atom stereocenters. The first kappa shape index (κ1) is 15.7. The predicted molar refractivity (Wildman–Crippen MR) is 85.2 cm³/mol. The molecular weight excluding hydrogens is 264 g/mol. The molecule has 0 aliphatic heterocycles. The second kappa shape index (κ2) is 6.83. The molecule has 0 radical (unpaired) electrons. The highest BCUT2D eigenvalue weighted by molar-refractivity contribution is 5.70. The Morgan fingerprint density at radius 3 is 2.33 bits per heavy atom. The Balaban J connectivity index is 2.10. The van der Waals surface area contributed by atoms with E-state index in [-0.39, 0.29) is 0 Å². The van der Waals surface area contributed by atoms with E-state index in [4.69, 9.17) is 4.74 Å². The van der Waals surface area contributed by atoms with Gasteiger partial charge in [0.2, 0.25) is 0 Å². The molecule has 0 unspecified atom stereocenters. The topological polar surface area (TPSA) is 41.6 Å². The number of hydrazine groups is 1. The summed E-state index contributed by atoms with van der Waals surface area (Å²) in [6.07, 6.45) is 5.52. The number of hydrogen-bond donors (Lipinski definition) is 1. The fourth-order valence-corrected chi connectivity index (χ4v) is 2.69. The number of carbonyl (C=O) groups is 1. The van der Waals surface area contributed by atoms with E-state index in [1.54, 1.807) is 0 Å². The first-order valence-electron chi connectivity index (χ1n) is 7.79. The quantitative estimate of drug-likeness (QED) is 0.845. The standard InChI is InChI=1S/C17H26N2O2/c1-17(2,3)21-16(20)18-19(14-10-6-4-7-11-14)15-12-8-5-9-13-15/h4,6-7,10-11,15H,5,8-9,12-13H2,1-3H3,(H,18,20). The first-order valence-corrected chi connectivity index (χ1v) is 7.79. The smallest absolute Gasteiger partial charge is 0.426 e. The Hall–Kier alpha value is -1.71. The lowest BCUT2D eigenvalue weighted by Crippen LogP contribution is -2.51. The molecule has 0 saturated heterocycles. The van der Waals surface area contributed by atoms with Crippen LogP contribution in [0.25, 0.3) is 0 Å². The predicted octanol–water partition coefficient (Wildman–Crippen LogP) is 4.27. The van der Waals surface area contributed by atoms with Crippen molar-refractivity contribution >= 4 is 11.8 Å². The minimum Gasteiger partial charge on any atom is -0.443 e. The van der Waals surface area contributed by atoms with Crippen LogP contribution >= 0.6 is 0 Å². The number of para-hydroxylation sites is 1. The van der Waals surface area contributed by atoms with Gasteiger partial charge in [-0.1, -0.05) is 37.5 Å². The van der Waals surface area contributed by atoms with Crippen LogP contribution in [0.5, 0.6) is 0 Å². The van der Waals surface area contributed by atoms with Gasteiger partial charge in [0, 0.05) is 0 Å². The van der Waals surface area contributed by atoms with Crippen molar-refractivity contribution in [2.75, 3.05) is 5.01 Å². The van der Waals surface area contributed by atoms with Gasteiger partial charge in [0.05, 0.1) is 11.7 Å². The molecule has 0 spiro atoms. The summed E-state index contributed by atoms with van der Waals surface area (Å²) in [6, 6.07) is 10.3. The lowest BCUT2D eigenvalue weighted by atomic mass is 9.95. The largest absolute Gasteiger partial charge is 0.443 e. The number of amides is 1. The molecule has 2 rings (SSSR count). The van der Waals surface area contributed by atoms with Crippen LogP contribution in [0.2, 0.25) is 0 Å². The minimum atomic E-state index is -0.487. The summed E-state index contributed by atoms with van der Waals surface area (Å²) in [5.74, 6) is 0. The highest BCUT2D eigenvalue weighted by atomic mass is 16.6. The van der Waals surface area contributed by atoms with E-state index >= 15 is 0 Å². The number of nitrogens with zero attached hydrogens (tertiary/aromatic N) is 1. The molecule has 0 heterocycles. The molecule has 0 aromatic heterocycles. The maximum atomic E-state index is 12.1. The number of nitrogens with one attached hydrogen (secondary N) is 1. The highest BCUT2D eigenvalue weighted by Crippen LogP contribution is 2.26. The highest BCUT2D eigenvalue weighted by Gasteiger charge is 2.25. The molecule has 1 fully saturated rings. The molecule has 1 saturated carbocycles. The second-order valence-corrected chi connectivity index (χ2v) is 6.61. The Kier molecular flexibility index (Phi) is 5.10. The zero-order valence-electron chi connectivity index (χ0n) is 13.3. The summed E-state index contributed by atoms with van der Waals surface area (Å²) in [5, 5.41) is 1.98. The molecule has 21 heavy (non-hydrogen) atoms. The van der Waals surface area contributed by atoms with E-state index in [2.05, 4.69) is 5.43 Å². The molecule has 1 aromatic rings. The third-order valence-corrected chi connectivity index (χ3v) is 3.58. The van der Waals surface area contributed by atoms with Crippen LogP contribution in [0.4, 0.5) is 10.5 Å². The van der Waals surface area contributed by atoms with Crippen molar-refractivity contribution in [1.29, 1.82) is 0 Å². The summed E-state index contributed by atoms with van der Waals surface area (Å²) in [5.41, 5.74) is 3.45. The monoisotopic (exact) mass is 290 g/mol. The van der Waals surface area contributed by atoms with Crippen molar-refractivity contribution in [3.05, 3.63) is 30.3 Å². The molecule has 116 valence electrons. The van der Waals surface area contributed by atoms with Crippen LogP contribution in [-0.2, 0) is 4.74 Å². The van der Waals surface area contributed by atoms with Crippen molar-refractivity contribution in [3.63, 3.8) is 0 Å². The van der Waals surface area contributed by atoms with Crippen LogP contribution in [0, 0.1) is 0 Å². The first-order chi connectivity index (χ1) is 9.96. The van der Waals surface area contributed by atoms with Crippen LogP contribution in [-0.4, -0.2) is 17.7 Å². The van der Waals surface area contributed by atoms with Gasteiger partial charge in [0.25, 0.3) is 0 Å². The lowest BCUT2D eigenvalue weighted by molar-refractivity contribution is 0.0512. The summed E-state index contributed by atoms with van der Waals surface area (Å²) < 4.78 is 5.39. The third-order valence-electron chi connectivity index (χ3n) is 3.58. The van der Waals surface area contributed by atoms with Gasteiger partial charge in [-0.3, -0.25) is 5.01 Å². The van der Waals surface area contributed by atoms with Gasteiger partial charge in [-0.25, -0.2) is 10.2 Å². The molecule has 0 bridgehead atoms. The summed E-state index contributed by atoms with van der Waals surface area (Å²) in [6.45, 7) is 5.63. The maximum Gasteiger partial charge on any atom is 0.426 e. The average Bonchev–Trinajstić information content (AvgIpc) is 2.45. The normalized spacial score (nSPS) is 16.3. The maximum absolute atomic E-state index is 12.1. The molecular formula is C17H26N2O2. The van der Waals surface area contributed by atoms with E-state index < -0.39 is 11.7 Å². The molecule has 1 N–H and O–H groups in total. The summed E-state index contributed by atoms with van der Waals surface area (Å²) in [4.78, 5) is 12.1. The molecule has 1 aliphatic carbocycles. The van der Waals surface area contributed by atoms with Crippen LogP contribution in [0.3, 0.4) is 0 Å². The molecule has 1 aromatic carbocycles. The second-order valence-electron chi connectivity index (χ2n) is 6.61. The number of ether oxygens (including phenoxy) is 1. The SMILES string of the molecule is CC(C)(C)OC(=O)NN(c1ccccc1)C1CCCCC1. The molecule has 4 nitrogen and oxygen atoms in total. The van der Waals surface area contributed by atoms with Crippen LogP contribution in [0.15, 0.2) is 30.3 Å². The molecule has 1 amide bonds. The Morgan fingerprint density at radius 1 is 1.14 bits per heavy atom. The van der Waals surface area contributed by atoms with E-state index in [0.717, 1.165) is 18.5 Å². The fourth-order valence-electron chi connectivity index (χ4n) is 2.69. The van der Waals surface area contributed by atoms with Gasteiger partial charge in [-0.2, -0.15) is 0 Å². The third kappa shape index (κ3) is 4.96. The number of anilines is 1. The summed E-state index contributed by atoms with van der Waals surface area (Å²) in [7, 11) is 0. The zero-order chi connectivity index (χ0) is 15.3. The molecule has 1 aliphatic rings. The van der Waals surface area contributed by atoms with Gasteiger partial charge in [0.15, 0.2) is 0 Å². The van der Waals surface area contributed by atoms with E-state index in [0.29, 0.717) is 6.04 Å². The van der Waals surface area contributed by atoms with Gasteiger partial charge in [-0.05, 0) is 45.7 Å². The van der Waals surface area contributed by atoms with E-state index in [9.17, 15) is 4.79 Å². The Morgan fingerprint density at radius 2 is 1.76 bits per heavy atom. The van der Waals surface area contributed by atoms with Crippen LogP contribution < -0.4 is 10.4 Å². The van der Waals surface area contributed by atoms with Gasteiger partial charge in [-0.15, -0.1) is 0 Å². The lowest BCUT2D eigenvalue weighted by Gasteiger charge is -2.36. The number of hydrogen-bond acceptors (Lipinski definition) is 3. The van der Waals surface area contributed by atoms with Crippen molar-refractivity contribution in [2.45, 2.75) is 64.5 Å². The van der Waals surface area contributed by atoms with E-state index in [1.165, 1.54) is 19.3 Å².